The van der Waals surface area contributed by atoms with E-state index in [4.69, 9.17) is 11.6 Å². The summed E-state index contributed by atoms with van der Waals surface area (Å²) in [5.74, 6) is -0.347. The highest BCUT2D eigenvalue weighted by Crippen LogP contribution is 2.30. The van der Waals surface area contributed by atoms with Gasteiger partial charge in [0.2, 0.25) is 15.9 Å². The molecule has 1 N–H and O–H groups in total. The summed E-state index contributed by atoms with van der Waals surface area (Å²) in [6.45, 7) is 0.563. The van der Waals surface area contributed by atoms with E-state index in [1.165, 1.54) is 4.31 Å². The maximum absolute atomic E-state index is 11.9. The lowest BCUT2D eigenvalue weighted by Gasteiger charge is -2.33. The van der Waals surface area contributed by atoms with Crippen LogP contribution in [0.4, 0.5) is 0 Å². The molecule has 0 bridgehead atoms. The van der Waals surface area contributed by atoms with Crippen LogP contribution in [-0.2, 0) is 14.8 Å². The second kappa shape index (κ2) is 4.87. The molecular weight excluding hydrogens is 276 g/mol. The smallest absolute Gasteiger partial charge is 0.243 e. The molecule has 0 spiro atoms. The third-order valence-corrected chi connectivity index (χ3v) is 4.38. The van der Waals surface area contributed by atoms with Gasteiger partial charge in [-0.2, -0.15) is 4.31 Å². The maximum Gasteiger partial charge on any atom is 0.243 e. The van der Waals surface area contributed by atoms with Crippen molar-refractivity contribution >= 4 is 27.5 Å². The zero-order chi connectivity index (χ0) is 13.3. The predicted octanol–water partition coefficient (Wildman–Crippen LogP) is 0.773. The highest BCUT2D eigenvalue weighted by Gasteiger charge is 2.37. The largest absolute Gasteiger partial charge is 0.353 e. The summed E-state index contributed by atoms with van der Waals surface area (Å²) in [7, 11) is -3.46. The highest BCUT2D eigenvalue weighted by molar-refractivity contribution is 7.88. The summed E-state index contributed by atoms with van der Waals surface area (Å²) in [5, 5.41) is 3.04. The van der Waals surface area contributed by atoms with Gasteiger partial charge in [-0.3, -0.25) is 4.79 Å². The van der Waals surface area contributed by atoms with E-state index < -0.39 is 16.1 Å². The Morgan fingerprint density at radius 1 is 1.39 bits per heavy atom. The van der Waals surface area contributed by atoms with Crippen LogP contribution in [0.5, 0.6) is 0 Å². The number of halogens is 1. The first-order valence-corrected chi connectivity index (χ1v) is 7.63. The van der Waals surface area contributed by atoms with Gasteiger partial charge in [0, 0.05) is 18.1 Å². The maximum atomic E-state index is 11.9. The van der Waals surface area contributed by atoms with Gasteiger partial charge in [-0.05, 0) is 11.6 Å². The van der Waals surface area contributed by atoms with Crippen molar-refractivity contribution in [2.75, 3.05) is 19.3 Å². The zero-order valence-electron chi connectivity index (χ0n) is 9.76. The average molecular weight is 289 g/mol. The third-order valence-electron chi connectivity index (χ3n) is 2.79. The van der Waals surface area contributed by atoms with Gasteiger partial charge in [0.05, 0.1) is 6.26 Å². The fourth-order valence-corrected chi connectivity index (χ4v) is 3.25. The van der Waals surface area contributed by atoms with Crippen LogP contribution in [0.15, 0.2) is 24.3 Å². The van der Waals surface area contributed by atoms with Crippen molar-refractivity contribution in [1.82, 2.24) is 9.62 Å². The molecule has 1 aliphatic rings. The van der Waals surface area contributed by atoms with Crippen molar-refractivity contribution < 1.29 is 13.2 Å². The van der Waals surface area contributed by atoms with Gasteiger partial charge in [0.1, 0.15) is 6.04 Å². The van der Waals surface area contributed by atoms with Crippen LogP contribution in [0.3, 0.4) is 0 Å². The molecule has 1 aromatic carbocycles. The molecule has 98 valence electrons. The summed E-state index contributed by atoms with van der Waals surface area (Å²) >= 11 is 6.04. The summed E-state index contributed by atoms with van der Waals surface area (Å²) in [4.78, 5) is 11.9. The molecule has 1 aromatic rings. The number of benzene rings is 1. The summed E-state index contributed by atoms with van der Waals surface area (Å²) in [5.41, 5.74) is 0.502. The van der Waals surface area contributed by atoms with Crippen molar-refractivity contribution in [2.45, 2.75) is 6.04 Å². The molecule has 0 aliphatic carbocycles. The zero-order valence-corrected chi connectivity index (χ0v) is 11.3. The van der Waals surface area contributed by atoms with E-state index >= 15 is 0 Å². The van der Waals surface area contributed by atoms with Crippen LogP contribution < -0.4 is 5.32 Å². The van der Waals surface area contributed by atoms with Crippen LogP contribution in [0.2, 0.25) is 5.02 Å². The van der Waals surface area contributed by atoms with Crippen molar-refractivity contribution in [1.29, 1.82) is 0 Å². The molecule has 1 unspecified atom stereocenters. The highest BCUT2D eigenvalue weighted by atomic mass is 35.5. The number of amides is 1. The van der Waals surface area contributed by atoms with E-state index in [9.17, 15) is 13.2 Å². The van der Waals surface area contributed by atoms with Crippen LogP contribution >= 0.6 is 11.6 Å². The summed E-state index contributed by atoms with van der Waals surface area (Å²) < 4.78 is 24.6. The van der Waals surface area contributed by atoms with Crippen molar-refractivity contribution in [3.63, 3.8) is 0 Å². The van der Waals surface area contributed by atoms with Gasteiger partial charge in [0.15, 0.2) is 0 Å². The topological polar surface area (TPSA) is 66.5 Å². The van der Waals surface area contributed by atoms with E-state index in [0.29, 0.717) is 17.1 Å². The molecule has 18 heavy (non-hydrogen) atoms. The quantitative estimate of drug-likeness (QED) is 0.874. The number of carbonyl (C=O) groups is 1. The fourth-order valence-electron chi connectivity index (χ4n) is 2.00. The molecule has 1 amide bonds. The van der Waals surface area contributed by atoms with Crippen molar-refractivity contribution in [2.24, 2.45) is 0 Å². The van der Waals surface area contributed by atoms with E-state index in [-0.39, 0.29) is 12.5 Å². The van der Waals surface area contributed by atoms with Crippen LogP contribution in [0.1, 0.15) is 11.6 Å². The number of carbonyl (C=O) groups excluding carboxylic acids is 1. The lowest BCUT2D eigenvalue weighted by Crippen LogP contribution is -2.51. The van der Waals surface area contributed by atoms with Gasteiger partial charge in [-0.15, -0.1) is 0 Å². The summed E-state index contributed by atoms with van der Waals surface area (Å²) in [6.07, 6.45) is 1.09. The van der Waals surface area contributed by atoms with Gasteiger partial charge in [-0.25, -0.2) is 8.42 Å². The normalized spacial score (nSPS) is 21.7. The summed E-state index contributed by atoms with van der Waals surface area (Å²) in [6, 6.07) is 5.87. The molecule has 1 atom stereocenters. The minimum absolute atomic E-state index is 0.250. The SMILES string of the molecule is CS(=O)(=O)N1CCNC(=O)C1c1ccccc1Cl. The molecule has 0 aromatic heterocycles. The number of rotatable bonds is 2. The predicted molar refractivity (Wildman–Crippen MR) is 68.8 cm³/mol. The Kier molecular flexibility index (Phi) is 3.61. The van der Waals surface area contributed by atoms with Crippen LogP contribution in [0, 0.1) is 0 Å². The van der Waals surface area contributed by atoms with E-state index in [2.05, 4.69) is 5.32 Å². The van der Waals surface area contributed by atoms with Gasteiger partial charge in [0.25, 0.3) is 0 Å². The number of piperazine rings is 1. The number of hydrogen-bond donors (Lipinski definition) is 1. The molecule has 1 saturated heterocycles. The fraction of sp³-hybridized carbons (Fsp3) is 0.364. The molecule has 5 nitrogen and oxygen atoms in total. The molecule has 0 saturated carbocycles. The van der Waals surface area contributed by atoms with E-state index in [1.54, 1.807) is 24.3 Å². The molecule has 1 heterocycles. The lowest BCUT2D eigenvalue weighted by atomic mass is 10.0. The minimum atomic E-state index is -3.46. The van der Waals surface area contributed by atoms with Crippen LogP contribution in [0.25, 0.3) is 0 Å². The van der Waals surface area contributed by atoms with E-state index in [0.717, 1.165) is 6.26 Å². The Morgan fingerprint density at radius 3 is 2.67 bits per heavy atom. The minimum Gasteiger partial charge on any atom is -0.353 e. The molecule has 0 radical (unpaired) electrons. The number of hydrogen-bond acceptors (Lipinski definition) is 3. The first kappa shape index (κ1) is 13.3. The average Bonchev–Trinajstić information content (AvgIpc) is 2.29. The Hall–Kier alpha value is -1.11. The van der Waals surface area contributed by atoms with Gasteiger partial charge >= 0.3 is 0 Å². The Morgan fingerprint density at radius 2 is 2.06 bits per heavy atom. The first-order chi connectivity index (χ1) is 8.41. The second-order valence-corrected chi connectivity index (χ2v) is 6.43. The Bertz CT molecular complexity index is 573. The number of sulfonamides is 1. The third kappa shape index (κ3) is 2.50. The van der Waals surface area contributed by atoms with Gasteiger partial charge in [-0.1, -0.05) is 29.8 Å². The number of nitrogens with one attached hydrogen (secondary N) is 1. The number of nitrogens with zero attached hydrogens (tertiary/aromatic N) is 1. The molecule has 1 aliphatic heterocycles. The second-order valence-electron chi connectivity index (χ2n) is 4.09. The van der Waals surface area contributed by atoms with Crippen molar-refractivity contribution in [3.05, 3.63) is 34.9 Å². The monoisotopic (exact) mass is 288 g/mol. The Labute approximate surface area is 111 Å². The van der Waals surface area contributed by atoms with Gasteiger partial charge < -0.3 is 5.32 Å². The molecule has 1 fully saturated rings. The Balaban J connectivity index is 2.50. The molecular formula is C11H13ClN2O3S. The van der Waals surface area contributed by atoms with Crippen molar-refractivity contribution in [3.8, 4) is 0 Å². The standard InChI is InChI=1S/C11H13ClN2O3S/c1-18(16,17)14-7-6-13-11(15)10(14)8-4-2-3-5-9(8)12/h2-5,10H,6-7H2,1H3,(H,13,15). The molecule has 7 heteroatoms. The van der Waals surface area contributed by atoms with Crippen LogP contribution in [-0.4, -0.2) is 38.0 Å². The first-order valence-electron chi connectivity index (χ1n) is 5.40. The molecule has 2 rings (SSSR count). The lowest BCUT2D eigenvalue weighted by molar-refractivity contribution is -0.126. The van der Waals surface area contributed by atoms with E-state index in [1.807, 2.05) is 0 Å².